The molecule has 17 heavy (non-hydrogen) atoms. The van der Waals surface area contributed by atoms with Crippen molar-refractivity contribution in [2.45, 2.75) is 30.3 Å². The molecule has 0 atom stereocenters. The quantitative estimate of drug-likeness (QED) is 0.507. The molecule has 1 aliphatic heterocycles. The number of nitrogens with zero attached hydrogens (tertiary/aromatic N) is 3. The van der Waals surface area contributed by atoms with E-state index in [0.717, 1.165) is 36.2 Å². The standard InChI is InChI=1S/C11H19ClN4S/c1-16-10(9-3-6-13-7-4-9)14-15-11(16)17-8-2-5-12/h9,13H,2-8H2,1H3. The van der Waals surface area contributed by atoms with E-state index in [4.69, 9.17) is 11.6 Å². The molecular weight excluding hydrogens is 256 g/mol. The van der Waals surface area contributed by atoms with Crippen LogP contribution in [0, 0.1) is 0 Å². The molecule has 0 spiro atoms. The summed E-state index contributed by atoms with van der Waals surface area (Å²) in [5, 5.41) is 13.0. The van der Waals surface area contributed by atoms with Gasteiger partial charge in [0.25, 0.3) is 0 Å². The second-order valence-electron chi connectivity index (χ2n) is 4.32. The third kappa shape index (κ3) is 3.36. The Kier molecular flexibility index (Phi) is 5.13. The molecule has 1 aromatic rings. The van der Waals surface area contributed by atoms with Gasteiger partial charge < -0.3 is 9.88 Å². The van der Waals surface area contributed by atoms with Crippen LogP contribution >= 0.6 is 23.4 Å². The zero-order valence-corrected chi connectivity index (χ0v) is 11.7. The number of hydrogen-bond donors (Lipinski definition) is 1. The summed E-state index contributed by atoms with van der Waals surface area (Å²) in [6.45, 7) is 2.18. The lowest BCUT2D eigenvalue weighted by Crippen LogP contribution is -2.27. The SMILES string of the molecule is Cn1c(SCCCCl)nnc1C1CCNCC1. The van der Waals surface area contributed by atoms with E-state index in [1.807, 2.05) is 0 Å². The zero-order chi connectivity index (χ0) is 12.1. The van der Waals surface area contributed by atoms with Crippen LogP contribution in [-0.2, 0) is 7.05 Å². The Morgan fingerprint density at radius 2 is 2.18 bits per heavy atom. The van der Waals surface area contributed by atoms with Crippen molar-refractivity contribution in [3.8, 4) is 0 Å². The number of hydrogen-bond acceptors (Lipinski definition) is 4. The highest BCUT2D eigenvalue weighted by Gasteiger charge is 2.21. The van der Waals surface area contributed by atoms with E-state index < -0.39 is 0 Å². The fraction of sp³-hybridized carbons (Fsp3) is 0.818. The molecule has 96 valence electrons. The van der Waals surface area contributed by atoms with Crippen molar-refractivity contribution in [3.63, 3.8) is 0 Å². The Morgan fingerprint density at radius 1 is 1.41 bits per heavy atom. The number of halogens is 1. The Hall–Kier alpha value is -0.260. The molecule has 0 aromatic carbocycles. The lowest BCUT2D eigenvalue weighted by Gasteiger charge is -2.21. The van der Waals surface area contributed by atoms with Crippen LogP contribution in [0.2, 0.25) is 0 Å². The van der Waals surface area contributed by atoms with Gasteiger partial charge in [0.15, 0.2) is 5.16 Å². The molecule has 1 saturated heterocycles. The molecule has 0 amide bonds. The summed E-state index contributed by atoms with van der Waals surface area (Å²) in [6, 6.07) is 0. The van der Waals surface area contributed by atoms with E-state index in [-0.39, 0.29) is 0 Å². The van der Waals surface area contributed by atoms with Crippen molar-refractivity contribution >= 4 is 23.4 Å². The minimum absolute atomic E-state index is 0.566. The number of nitrogens with one attached hydrogen (secondary N) is 1. The van der Waals surface area contributed by atoms with Crippen LogP contribution in [0.25, 0.3) is 0 Å². The third-order valence-corrected chi connectivity index (χ3v) is 4.46. The van der Waals surface area contributed by atoms with Gasteiger partial charge in [-0.25, -0.2) is 0 Å². The zero-order valence-electron chi connectivity index (χ0n) is 10.2. The van der Waals surface area contributed by atoms with Gasteiger partial charge in [0.05, 0.1) is 0 Å². The Morgan fingerprint density at radius 3 is 2.88 bits per heavy atom. The molecule has 2 heterocycles. The lowest BCUT2D eigenvalue weighted by atomic mass is 9.97. The summed E-state index contributed by atoms with van der Waals surface area (Å²) in [5.41, 5.74) is 0. The molecule has 0 bridgehead atoms. The summed E-state index contributed by atoms with van der Waals surface area (Å²) in [4.78, 5) is 0. The van der Waals surface area contributed by atoms with Crippen molar-refractivity contribution in [1.29, 1.82) is 0 Å². The smallest absolute Gasteiger partial charge is 0.190 e. The number of alkyl halides is 1. The molecule has 1 aliphatic rings. The average Bonchev–Trinajstić information content (AvgIpc) is 2.73. The number of aromatic nitrogens is 3. The Balaban J connectivity index is 1.98. The van der Waals surface area contributed by atoms with Crippen LogP contribution in [-0.4, -0.2) is 39.5 Å². The van der Waals surface area contributed by atoms with E-state index >= 15 is 0 Å². The molecule has 4 nitrogen and oxygen atoms in total. The van der Waals surface area contributed by atoms with Gasteiger partial charge in [-0.2, -0.15) is 0 Å². The monoisotopic (exact) mass is 274 g/mol. The molecular formula is C11H19ClN4S. The van der Waals surface area contributed by atoms with E-state index in [2.05, 4.69) is 27.1 Å². The van der Waals surface area contributed by atoms with Gasteiger partial charge >= 0.3 is 0 Å². The third-order valence-electron chi connectivity index (χ3n) is 3.08. The summed E-state index contributed by atoms with van der Waals surface area (Å²) in [6.07, 6.45) is 3.35. The first kappa shape index (κ1) is 13.2. The van der Waals surface area contributed by atoms with E-state index in [1.54, 1.807) is 11.8 Å². The highest BCUT2D eigenvalue weighted by atomic mass is 35.5. The summed E-state index contributed by atoms with van der Waals surface area (Å²) < 4.78 is 2.15. The number of piperidine rings is 1. The summed E-state index contributed by atoms with van der Waals surface area (Å²) >= 11 is 7.42. The van der Waals surface area contributed by atoms with Crippen molar-refractivity contribution in [3.05, 3.63) is 5.82 Å². The van der Waals surface area contributed by atoms with Crippen molar-refractivity contribution < 1.29 is 0 Å². The van der Waals surface area contributed by atoms with Gasteiger partial charge in [-0.1, -0.05) is 11.8 Å². The van der Waals surface area contributed by atoms with Crippen LogP contribution in [0.5, 0.6) is 0 Å². The van der Waals surface area contributed by atoms with Gasteiger partial charge in [-0.05, 0) is 32.4 Å². The Bertz CT molecular complexity index is 349. The molecule has 6 heteroatoms. The van der Waals surface area contributed by atoms with Crippen LogP contribution in [0.1, 0.15) is 31.0 Å². The fourth-order valence-electron chi connectivity index (χ4n) is 2.11. The fourth-order valence-corrected chi connectivity index (χ4v) is 3.25. The molecule has 0 radical (unpaired) electrons. The molecule has 0 aliphatic carbocycles. The maximum atomic E-state index is 5.67. The van der Waals surface area contributed by atoms with Gasteiger partial charge in [-0.15, -0.1) is 21.8 Å². The molecule has 1 aromatic heterocycles. The average molecular weight is 275 g/mol. The maximum absolute atomic E-state index is 5.67. The maximum Gasteiger partial charge on any atom is 0.190 e. The van der Waals surface area contributed by atoms with Crippen LogP contribution in [0.3, 0.4) is 0 Å². The minimum Gasteiger partial charge on any atom is -0.317 e. The molecule has 2 rings (SSSR count). The van der Waals surface area contributed by atoms with Gasteiger partial charge in [0, 0.05) is 24.6 Å². The topological polar surface area (TPSA) is 42.7 Å². The predicted molar refractivity (Wildman–Crippen MR) is 71.9 cm³/mol. The highest BCUT2D eigenvalue weighted by Crippen LogP contribution is 2.26. The summed E-state index contributed by atoms with van der Waals surface area (Å²) in [7, 11) is 2.07. The van der Waals surface area contributed by atoms with Crippen LogP contribution in [0.15, 0.2) is 5.16 Å². The van der Waals surface area contributed by atoms with Crippen molar-refractivity contribution in [2.75, 3.05) is 24.7 Å². The van der Waals surface area contributed by atoms with Crippen LogP contribution < -0.4 is 5.32 Å². The minimum atomic E-state index is 0.566. The van der Waals surface area contributed by atoms with E-state index in [0.29, 0.717) is 11.8 Å². The molecule has 1 N–H and O–H groups in total. The van der Waals surface area contributed by atoms with E-state index in [1.165, 1.54) is 12.8 Å². The number of thioether (sulfide) groups is 1. The van der Waals surface area contributed by atoms with Gasteiger partial charge in [0.1, 0.15) is 5.82 Å². The van der Waals surface area contributed by atoms with Crippen molar-refractivity contribution in [1.82, 2.24) is 20.1 Å². The lowest BCUT2D eigenvalue weighted by molar-refractivity contribution is 0.434. The summed E-state index contributed by atoms with van der Waals surface area (Å²) in [5.74, 6) is 3.43. The molecule has 0 saturated carbocycles. The van der Waals surface area contributed by atoms with Crippen LogP contribution in [0.4, 0.5) is 0 Å². The van der Waals surface area contributed by atoms with Crippen molar-refractivity contribution in [2.24, 2.45) is 7.05 Å². The highest BCUT2D eigenvalue weighted by molar-refractivity contribution is 7.99. The second kappa shape index (κ2) is 6.61. The number of rotatable bonds is 5. The second-order valence-corrected chi connectivity index (χ2v) is 5.76. The van der Waals surface area contributed by atoms with E-state index in [9.17, 15) is 0 Å². The first-order valence-electron chi connectivity index (χ1n) is 6.11. The molecule has 1 fully saturated rings. The first-order valence-corrected chi connectivity index (χ1v) is 7.63. The Labute approximate surface area is 112 Å². The molecule has 0 unspecified atom stereocenters. The predicted octanol–water partition coefficient (Wildman–Crippen LogP) is 2.00. The normalized spacial score (nSPS) is 17.5. The largest absolute Gasteiger partial charge is 0.317 e. The van der Waals surface area contributed by atoms with Gasteiger partial charge in [0.2, 0.25) is 0 Å². The van der Waals surface area contributed by atoms with Gasteiger partial charge in [-0.3, -0.25) is 0 Å². The first-order chi connectivity index (χ1) is 8.33.